The molecule has 1 aromatic carbocycles. The van der Waals surface area contributed by atoms with Crippen molar-refractivity contribution in [2.24, 2.45) is 0 Å². The minimum atomic E-state index is -0.599. The highest BCUT2D eigenvalue weighted by Gasteiger charge is 2.14. The molecular weight excluding hydrogens is 436 g/mol. The van der Waals surface area contributed by atoms with Crippen LogP contribution in [-0.2, 0) is 20.7 Å². The third-order valence-corrected chi connectivity index (χ3v) is 4.89. The summed E-state index contributed by atoms with van der Waals surface area (Å²) in [4.78, 5) is 31.8. The Morgan fingerprint density at radius 1 is 1.17 bits per heavy atom. The predicted molar refractivity (Wildman–Crippen MR) is 109 cm³/mol. The van der Waals surface area contributed by atoms with Gasteiger partial charge in [-0.15, -0.1) is 0 Å². The lowest BCUT2D eigenvalue weighted by atomic mass is 10.2. The zero-order valence-corrected chi connectivity index (χ0v) is 17.3. The van der Waals surface area contributed by atoms with E-state index in [2.05, 4.69) is 15.3 Å². The topological polar surface area (TPSA) is 94.3 Å². The van der Waals surface area contributed by atoms with Crippen molar-refractivity contribution in [3.63, 3.8) is 0 Å². The standard InChI is InChI=1S/C20H16Cl2FN3O4/c1-11-14(21)8-25-20(19(11)22)26-16(27)10-29-18(28)7-6-17-24-9-15(30-17)12-2-4-13(23)5-3-12/h2-5,8-9H,6-7,10H2,1H3,(H,25,26,27). The van der Waals surface area contributed by atoms with Gasteiger partial charge in [-0.25, -0.2) is 14.4 Å². The smallest absolute Gasteiger partial charge is 0.306 e. The van der Waals surface area contributed by atoms with E-state index in [1.807, 2.05) is 0 Å². The summed E-state index contributed by atoms with van der Waals surface area (Å²) in [5.74, 6) is -0.627. The molecule has 1 N–H and O–H groups in total. The number of hydrogen-bond acceptors (Lipinski definition) is 6. The fraction of sp³-hybridized carbons (Fsp3) is 0.200. The number of amides is 1. The second-order valence-corrected chi connectivity index (χ2v) is 7.01. The van der Waals surface area contributed by atoms with Gasteiger partial charge >= 0.3 is 5.97 Å². The van der Waals surface area contributed by atoms with E-state index in [-0.39, 0.29) is 29.5 Å². The number of nitrogens with one attached hydrogen (secondary N) is 1. The minimum absolute atomic E-state index is 0.0320. The molecule has 0 radical (unpaired) electrons. The molecule has 30 heavy (non-hydrogen) atoms. The van der Waals surface area contributed by atoms with E-state index in [1.165, 1.54) is 24.5 Å². The van der Waals surface area contributed by atoms with E-state index < -0.39 is 18.5 Å². The van der Waals surface area contributed by atoms with E-state index in [4.69, 9.17) is 32.4 Å². The Hall–Kier alpha value is -2.97. The number of ether oxygens (including phenoxy) is 1. The number of pyridine rings is 1. The SMILES string of the molecule is Cc1c(Cl)cnc(NC(=O)COC(=O)CCc2ncc(-c3ccc(F)cc3)o2)c1Cl. The predicted octanol–water partition coefficient (Wildman–Crippen LogP) is 4.61. The molecule has 0 bridgehead atoms. The van der Waals surface area contributed by atoms with Gasteiger partial charge in [0.2, 0.25) is 0 Å². The third-order valence-electron chi connectivity index (χ3n) is 4.05. The van der Waals surface area contributed by atoms with Crippen LogP contribution in [0.3, 0.4) is 0 Å². The van der Waals surface area contributed by atoms with Crippen LogP contribution < -0.4 is 5.32 Å². The van der Waals surface area contributed by atoms with Gasteiger partial charge in [-0.2, -0.15) is 0 Å². The molecule has 7 nitrogen and oxygen atoms in total. The highest BCUT2D eigenvalue weighted by Crippen LogP contribution is 2.28. The summed E-state index contributed by atoms with van der Waals surface area (Å²) in [6.07, 6.45) is 3.01. The molecule has 0 saturated heterocycles. The number of hydrogen-bond donors (Lipinski definition) is 1. The summed E-state index contributed by atoms with van der Waals surface area (Å²) in [6, 6.07) is 5.76. The van der Waals surface area contributed by atoms with Crippen LogP contribution in [0.2, 0.25) is 10.0 Å². The largest absolute Gasteiger partial charge is 0.456 e. The van der Waals surface area contributed by atoms with Gasteiger partial charge < -0.3 is 14.5 Å². The third kappa shape index (κ3) is 5.55. The minimum Gasteiger partial charge on any atom is -0.456 e. The Bertz CT molecular complexity index is 1070. The Morgan fingerprint density at radius 3 is 2.63 bits per heavy atom. The van der Waals surface area contributed by atoms with Gasteiger partial charge in [0, 0.05) is 18.2 Å². The number of anilines is 1. The monoisotopic (exact) mass is 451 g/mol. The molecule has 0 fully saturated rings. The fourth-order valence-corrected chi connectivity index (χ4v) is 2.80. The van der Waals surface area contributed by atoms with Crippen LogP contribution >= 0.6 is 23.2 Å². The van der Waals surface area contributed by atoms with Crippen molar-refractivity contribution in [2.45, 2.75) is 19.8 Å². The van der Waals surface area contributed by atoms with Crippen molar-refractivity contribution in [1.82, 2.24) is 9.97 Å². The molecule has 0 aliphatic heterocycles. The zero-order chi connectivity index (χ0) is 21.7. The van der Waals surface area contributed by atoms with Crippen molar-refractivity contribution >= 4 is 40.9 Å². The summed E-state index contributed by atoms with van der Waals surface area (Å²) in [5.41, 5.74) is 1.24. The van der Waals surface area contributed by atoms with Crippen LogP contribution in [0.25, 0.3) is 11.3 Å². The van der Waals surface area contributed by atoms with Gasteiger partial charge in [0.25, 0.3) is 5.91 Å². The van der Waals surface area contributed by atoms with Crippen LogP contribution in [0.5, 0.6) is 0 Å². The number of nitrogens with zero attached hydrogens (tertiary/aromatic N) is 2. The van der Waals surface area contributed by atoms with E-state index in [0.29, 0.717) is 27.8 Å². The van der Waals surface area contributed by atoms with Gasteiger partial charge in [0.05, 0.1) is 22.7 Å². The first-order valence-electron chi connectivity index (χ1n) is 8.80. The summed E-state index contributed by atoms with van der Waals surface area (Å²) < 4.78 is 23.5. The fourth-order valence-electron chi connectivity index (χ4n) is 2.41. The number of halogens is 3. The Morgan fingerprint density at radius 2 is 1.90 bits per heavy atom. The van der Waals surface area contributed by atoms with Crippen LogP contribution in [-0.4, -0.2) is 28.5 Å². The average Bonchev–Trinajstić information content (AvgIpc) is 3.21. The van der Waals surface area contributed by atoms with E-state index in [9.17, 15) is 14.0 Å². The van der Waals surface area contributed by atoms with E-state index >= 15 is 0 Å². The number of carbonyl (C=O) groups excluding carboxylic acids is 2. The molecule has 0 atom stereocenters. The molecule has 0 saturated carbocycles. The lowest BCUT2D eigenvalue weighted by Crippen LogP contribution is -2.22. The highest BCUT2D eigenvalue weighted by molar-refractivity contribution is 6.37. The van der Waals surface area contributed by atoms with E-state index in [0.717, 1.165) is 0 Å². The molecule has 2 aromatic heterocycles. The molecular formula is C20H16Cl2FN3O4. The van der Waals surface area contributed by atoms with Crippen molar-refractivity contribution in [3.8, 4) is 11.3 Å². The second-order valence-electron chi connectivity index (χ2n) is 6.23. The average molecular weight is 452 g/mol. The maximum absolute atomic E-state index is 13.0. The van der Waals surface area contributed by atoms with Gasteiger partial charge in [0.1, 0.15) is 5.82 Å². The van der Waals surface area contributed by atoms with Crippen molar-refractivity contribution in [3.05, 3.63) is 64.0 Å². The first kappa shape index (κ1) is 21.7. The Balaban J connectivity index is 1.45. The normalized spacial score (nSPS) is 10.7. The number of rotatable bonds is 7. The van der Waals surface area contributed by atoms with Crippen LogP contribution in [0, 0.1) is 12.7 Å². The second kappa shape index (κ2) is 9.69. The lowest BCUT2D eigenvalue weighted by Gasteiger charge is -2.09. The molecule has 1 amide bonds. The first-order valence-corrected chi connectivity index (χ1v) is 9.56. The Kier molecular flexibility index (Phi) is 7.02. The molecule has 0 spiro atoms. The van der Waals surface area contributed by atoms with E-state index in [1.54, 1.807) is 19.1 Å². The number of oxazole rings is 1. The number of aryl methyl sites for hydroxylation is 1. The van der Waals surface area contributed by atoms with Gasteiger partial charge in [-0.05, 0) is 36.8 Å². The van der Waals surface area contributed by atoms with Gasteiger partial charge in [-0.3, -0.25) is 9.59 Å². The molecule has 0 aliphatic carbocycles. The summed E-state index contributed by atoms with van der Waals surface area (Å²) in [5, 5.41) is 3.04. The van der Waals surface area contributed by atoms with Crippen molar-refractivity contribution < 1.29 is 23.1 Å². The van der Waals surface area contributed by atoms with Gasteiger partial charge in [0.15, 0.2) is 24.1 Å². The molecule has 3 aromatic rings. The maximum Gasteiger partial charge on any atom is 0.306 e. The number of benzene rings is 1. The summed E-state index contributed by atoms with van der Waals surface area (Å²) in [6.45, 7) is 1.19. The van der Waals surface area contributed by atoms with Crippen LogP contribution in [0.4, 0.5) is 10.2 Å². The maximum atomic E-state index is 13.0. The molecule has 0 aliphatic rings. The molecule has 2 heterocycles. The van der Waals surface area contributed by atoms with Crippen molar-refractivity contribution in [1.29, 1.82) is 0 Å². The van der Waals surface area contributed by atoms with Crippen LogP contribution in [0.1, 0.15) is 17.9 Å². The van der Waals surface area contributed by atoms with Crippen molar-refractivity contribution in [2.75, 3.05) is 11.9 Å². The Labute approximate surface area is 181 Å². The molecule has 156 valence electrons. The molecule has 0 unspecified atom stereocenters. The van der Waals surface area contributed by atoms with Crippen LogP contribution in [0.15, 0.2) is 41.1 Å². The van der Waals surface area contributed by atoms with Gasteiger partial charge in [-0.1, -0.05) is 23.2 Å². The highest BCUT2D eigenvalue weighted by atomic mass is 35.5. The molecule has 10 heteroatoms. The number of carbonyl (C=O) groups is 2. The lowest BCUT2D eigenvalue weighted by molar-refractivity contribution is -0.147. The summed E-state index contributed by atoms with van der Waals surface area (Å²) >= 11 is 12.0. The number of aromatic nitrogens is 2. The zero-order valence-electron chi connectivity index (χ0n) is 15.7. The number of esters is 1. The first-order chi connectivity index (χ1) is 14.3. The molecule has 3 rings (SSSR count). The quantitative estimate of drug-likeness (QED) is 0.527. The summed E-state index contributed by atoms with van der Waals surface area (Å²) in [7, 11) is 0.